The highest BCUT2D eigenvalue weighted by molar-refractivity contribution is 7.92. The van der Waals surface area contributed by atoms with Crippen molar-refractivity contribution in [2.24, 2.45) is 0 Å². The van der Waals surface area contributed by atoms with Crippen molar-refractivity contribution < 1.29 is 8.42 Å². The highest BCUT2D eigenvalue weighted by Gasteiger charge is 2.14. The Balaban J connectivity index is 1.88. The third kappa shape index (κ3) is 3.21. The van der Waals surface area contributed by atoms with Crippen LogP contribution in [0.2, 0.25) is 0 Å². The van der Waals surface area contributed by atoms with Gasteiger partial charge in [0.1, 0.15) is 0 Å². The van der Waals surface area contributed by atoms with Crippen LogP contribution in [0.3, 0.4) is 0 Å². The fourth-order valence-electron chi connectivity index (χ4n) is 2.69. The van der Waals surface area contributed by atoms with Crippen LogP contribution in [0.15, 0.2) is 65.6 Å². The number of benzene rings is 2. The lowest BCUT2D eigenvalue weighted by molar-refractivity contribution is 0.601. The predicted molar refractivity (Wildman–Crippen MR) is 97.2 cm³/mol. The first kappa shape index (κ1) is 16.3. The number of nitrogens with one attached hydrogen (secondary N) is 1. The molecule has 0 aliphatic heterocycles. The lowest BCUT2D eigenvalue weighted by Crippen LogP contribution is -2.13. The number of aryl methyl sites for hydroxylation is 3. The summed E-state index contributed by atoms with van der Waals surface area (Å²) in [5.41, 5.74) is 4.81. The van der Waals surface area contributed by atoms with Crippen LogP contribution in [0.1, 0.15) is 17.0 Å². The normalized spacial score (nSPS) is 11.5. The Morgan fingerprint density at radius 3 is 1.83 bits per heavy atom. The summed E-state index contributed by atoms with van der Waals surface area (Å²) in [6, 6.07) is 18.2. The van der Waals surface area contributed by atoms with Crippen LogP contribution in [-0.2, 0) is 10.0 Å². The van der Waals surface area contributed by atoms with E-state index < -0.39 is 10.0 Å². The molecule has 0 fully saturated rings. The molecule has 0 unspecified atom stereocenters. The second-order valence-electron chi connectivity index (χ2n) is 5.92. The molecule has 0 bridgehead atoms. The summed E-state index contributed by atoms with van der Waals surface area (Å²) in [5.74, 6) is 0. The van der Waals surface area contributed by atoms with Crippen LogP contribution in [0.4, 0.5) is 5.69 Å². The van der Waals surface area contributed by atoms with Crippen molar-refractivity contribution in [1.82, 2.24) is 4.57 Å². The zero-order valence-corrected chi connectivity index (χ0v) is 14.8. The summed E-state index contributed by atoms with van der Waals surface area (Å²) in [6.45, 7) is 6.01. The van der Waals surface area contributed by atoms with Gasteiger partial charge in [-0.1, -0.05) is 17.7 Å². The van der Waals surface area contributed by atoms with E-state index in [9.17, 15) is 8.42 Å². The summed E-state index contributed by atoms with van der Waals surface area (Å²) in [5, 5.41) is 0. The summed E-state index contributed by atoms with van der Waals surface area (Å²) in [7, 11) is -3.59. The summed E-state index contributed by atoms with van der Waals surface area (Å²) in [6.07, 6.45) is 0. The lowest BCUT2D eigenvalue weighted by Gasteiger charge is -2.12. The number of hydrogen-bond acceptors (Lipinski definition) is 2. The average Bonchev–Trinajstić information content (AvgIpc) is 2.88. The minimum absolute atomic E-state index is 0.245. The van der Waals surface area contributed by atoms with Gasteiger partial charge in [0.25, 0.3) is 10.0 Å². The second kappa shape index (κ2) is 6.17. The molecule has 0 saturated heterocycles. The highest BCUT2D eigenvalue weighted by Crippen LogP contribution is 2.20. The topological polar surface area (TPSA) is 51.1 Å². The Morgan fingerprint density at radius 2 is 1.29 bits per heavy atom. The number of sulfonamides is 1. The van der Waals surface area contributed by atoms with Gasteiger partial charge < -0.3 is 4.57 Å². The second-order valence-corrected chi connectivity index (χ2v) is 7.60. The van der Waals surface area contributed by atoms with Crippen LogP contribution >= 0.6 is 0 Å². The third-order valence-corrected chi connectivity index (χ3v) is 5.38. The maximum absolute atomic E-state index is 12.5. The molecule has 0 radical (unpaired) electrons. The Hall–Kier alpha value is -2.53. The molecular formula is C19H20N2O2S. The van der Waals surface area contributed by atoms with E-state index in [4.69, 9.17) is 0 Å². The molecule has 0 aliphatic carbocycles. The standard InChI is InChI=1S/C19H20N2O2S/c1-14-4-8-17(9-5-14)20-24(22,23)19-12-10-18(11-13-19)21-15(2)6-7-16(21)3/h4-13,20H,1-3H3. The van der Waals surface area contributed by atoms with Crippen molar-refractivity contribution >= 4 is 15.7 Å². The van der Waals surface area contributed by atoms with E-state index in [1.807, 2.05) is 57.2 Å². The van der Waals surface area contributed by atoms with Gasteiger partial charge in [-0.05, 0) is 69.3 Å². The molecule has 4 nitrogen and oxygen atoms in total. The zero-order valence-electron chi connectivity index (χ0n) is 13.9. The van der Waals surface area contributed by atoms with Crippen LogP contribution < -0.4 is 4.72 Å². The van der Waals surface area contributed by atoms with Gasteiger partial charge in [-0.15, -0.1) is 0 Å². The van der Waals surface area contributed by atoms with Crippen molar-refractivity contribution in [3.05, 3.63) is 77.6 Å². The molecule has 0 aliphatic rings. The summed E-state index contributed by atoms with van der Waals surface area (Å²) >= 11 is 0. The first-order valence-corrected chi connectivity index (χ1v) is 9.20. The van der Waals surface area contributed by atoms with Gasteiger partial charge in [0, 0.05) is 22.8 Å². The first-order chi connectivity index (χ1) is 11.4. The molecule has 0 atom stereocenters. The number of rotatable bonds is 4. The van der Waals surface area contributed by atoms with Gasteiger partial charge in [-0.3, -0.25) is 4.72 Å². The molecule has 1 N–H and O–H groups in total. The van der Waals surface area contributed by atoms with E-state index in [1.54, 1.807) is 24.3 Å². The van der Waals surface area contributed by atoms with Gasteiger partial charge >= 0.3 is 0 Å². The number of anilines is 1. The van der Waals surface area contributed by atoms with Gasteiger partial charge in [0.05, 0.1) is 4.90 Å². The van der Waals surface area contributed by atoms with E-state index in [0.29, 0.717) is 5.69 Å². The van der Waals surface area contributed by atoms with Gasteiger partial charge in [-0.2, -0.15) is 0 Å². The van der Waals surface area contributed by atoms with E-state index in [0.717, 1.165) is 22.6 Å². The maximum Gasteiger partial charge on any atom is 0.261 e. The van der Waals surface area contributed by atoms with Gasteiger partial charge in [0.15, 0.2) is 0 Å². The molecule has 24 heavy (non-hydrogen) atoms. The van der Waals surface area contributed by atoms with Crippen LogP contribution in [-0.4, -0.2) is 13.0 Å². The van der Waals surface area contributed by atoms with Crippen molar-refractivity contribution in [1.29, 1.82) is 0 Å². The molecule has 0 amide bonds. The number of hydrogen-bond donors (Lipinski definition) is 1. The van der Waals surface area contributed by atoms with Crippen LogP contribution in [0, 0.1) is 20.8 Å². The van der Waals surface area contributed by atoms with Crippen LogP contribution in [0.25, 0.3) is 5.69 Å². The molecule has 5 heteroatoms. The molecule has 3 rings (SSSR count). The summed E-state index contributed by atoms with van der Waals surface area (Å²) < 4.78 is 29.7. The Kier molecular flexibility index (Phi) is 4.20. The highest BCUT2D eigenvalue weighted by atomic mass is 32.2. The molecule has 1 aromatic heterocycles. The monoisotopic (exact) mass is 340 g/mol. The minimum Gasteiger partial charge on any atom is -0.319 e. The molecule has 0 saturated carbocycles. The molecule has 124 valence electrons. The Labute approximate surface area is 142 Å². The Morgan fingerprint density at radius 1 is 0.750 bits per heavy atom. The SMILES string of the molecule is Cc1ccc(NS(=O)(=O)c2ccc(-n3c(C)ccc3C)cc2)cc1. The average molecular weight is 340 g/mol. The van der Waals surface area contributed by atoms with Crippen molar-refractivity contribution in [3.63, 3.8) is 0 Å². The summed E-state index contributed by atoms with van der Waals surface area (Å²) in [4.78, 5) is 0.245. The fourth-order valence-corrected chi connectivity index (χ4v) is 3.74. The molecule has 0 spiro atoms. The fraction of sp³-hybridized carbons (Fsp3) is 0.158. The maximum atomic E-state index is 12.5. The lowest BCUT2D eigenvalue weighted by atomic mass is 10.2. The minimum atomic E-state index is -3.59. The molecule has 2 aromatic carbocycles. The predicted octanol–water partition coefficient (Wildman–Crippen LogP) is 4.20. The van der Waals surface area contributed by atoms with E-state index >= 15 is 0 Å². The molecule has 1 heterocycles. The van der Waals surface area contributed by atoms with E-state index in [-0.39, 0.29) is 4.90 Å². The molecule has 3 aromatic rings. The smallest absolute Gasteiger partial charge is 0.261 e. The number of aromatic nitrogens is 1. The molecular weight excluding hydrogens is 320 g/mol. The van der Waals surface area contributed by atoms with Gasteiger partial charge in [-0.25, -0.2) is 8.42 Å². The van der Waals surface area contributed by atoms with Crippen molar-refractivity contribution in [3.8, 4) is 5.69 Å². The number of nitrogens with zero attached hydrogens (tertiary/aromatic N) is 1. The van der Waals surface area contributed by atoms with E-state index in [1.165, 1.54) is 0 Å². The first-order valence-electron chi connectivity index (χ1n) is 7.72. The van der Waals surface area contributed by atoms with Crippen molar-refractivity contribution in [2.45, 2.75) is 25.7 Å². The van der Waals surface area contributed by atoms with Gasteiger partial charge in [0.2, 0.25) is 0 Å². The van der Waals surface area contributed by atoms with Crippen LogP contribution in [0.5, 0.6) is 0 Å². The Bertz CT molecular complexity index is 934. The zero-order chi connectivity index (χ0) is 17.3. The largest absolute Gasteiger partial charge is 0.319 e. The quantitative estimate of drug-likeness (QED) is 0.774. The van der Waals surface area contributed by atoms with E-state index in [2.05, 4.69) is 9.29 Å². The third-order valence-electron chi connectivity index (χ3n) is 3.98. The van der Waals surface area contributed by atoms with Crippen molar-refractivity contribution in [2.75, 3.05) is 4.72 Å².